The lowest BCUT2D eigenvalue weighted by molar-refractivity contribution is 0.102. The molecule has 4 rings (SSSR count). The first kappa shape index (κ1) is 20.0. The van der Waals surface area contributed by atoms with Crippen molar-refractivity contribution in [1.82, 2.24) is 9.88 Å². The van der Waals surface area contributed by atoms with E-state index in [1.54, 1.807) is 24.4 Å². The van der Waals surface area contributed by atoms with Gasteiger partial charge in [0.2, 0.25) is 0 Å². The highest BCUT2D eigenvalue weighted by atomic mass is 19.1. The molecule has 0 bridgehead atoms. The van der Waals surface area contributed by atoms with Gasteiger partial charge in [-0.1, -0.05) is 18.2 Å². The quantitative estimate of drug-likeness (QED) is 0.690. The molecule has 1 aromatic heterocycles. The fourth-order valence-electron chi connectivity index (χ4n) is 3.69. The number of hydrogen-bond acceptors (Lipinski definition) is 4. The van der Waals surface area contributed by atoms with Crippen LogP contribution in [0.3, 0.4) is 0 Å². The second-order valence-corrected chi connectivity index (χ2v) is 7.79. The first-order chi connectivity index (χ1) is 14.5. The predicted molar refractivity (Wildman–Crippen MR) is 118 cm³/mol. The predicted octanol–water partition coefficient (Wildman–Crippen LogP) is 4.28. The van der Waals surface area contributed by atoms with Crippen molar-refractivity contribution in [2.24, 2.45) is 0 Å². The van der Waals surface area contributed by atoms with E-state index in [9.17, 15) is 9.18 Å². The van der Waals surface area contributed by atoms with Crippen molar-refractivity contribution >= 4 is 17.3 Å². The van der Waals surface area contributed by atoms with E-state index in [0.717, 1.165) is 36.3 Å². The van der Waals surface area contributed by atoms with E-state index in [0.29, 0.717) is 11.7 Å². The van der Waals surface area contributed by atoms with Crippen LogP contribution in [0, 0.1) is 5.82 Å². The molecular weight excluding hydrogens is 379 g/mol. The van der Waals surface area contributed by atoms with Crippen LogP contribution in [0.15, 0.2) is 66.9 Å². The Morgan fingerprint density at radius 1 is 1.03 bits per heavy atom. The molecule has 30 heavy (non-hydrogen) atoms. The van der Waals surface area contributed by atoms with Gasteiger partial charge in [0.15, 0.2) is 0 Å². The minimum Gasteiger partial charge on any atom is -0.370 e. The first-order valence-electron chi connectivity index (χ1n) is 10.0. The SMILES string of the molecule is CN(C)C1CCN(c2ccc(NC(=O)c3ccc(-c4ccc(F)cc4)cn3)cc2)C1. The lowest BCUT2D eigenvalue weighted by atomic mass is 10.1. The molecule has 1 atom stereocenters. The Bertz CT molecular complexity index is 1000. The highest BCUT2D eigenvalue weighted by molar-refractivity contribution is 6.03. The largest absolute Gasteiger partial charge is 0.370 e. The number of likely N-dealkylation sites (N-methyl/N-ethyl adjacent to an activating group) is 1. The van der Waals surface area contributed by atoms with Crippen LogP contribution < -0.4 is 10.2 Å². The molecule has 1 unspecified atom stereocenters. The van der Waals surface area contributed by atoms with E-state index in [1.807, 2.05) is 30.3 Å². The fourth-order valence-corrected chi connectivity index (χ4v) is 3.69. The minimum absolute atomic E-state index is 0.262. The number of carbonyl (C=O) groups is 1. The van der Waals surface area contributed by atoms with Crippen LogP contribution in [0.4, 0.5) is 15.8 Å². The number of pyridine rings is 1. The van der Waals surface area contributed by atoms with Crippen molar-refractivity contribution in [2.45, 2.75) is 12.5 Å². The molecule has 1 saturated heterocycles. The lowest BCUT2D eigenvalue weighted by Gasteiger charge is -2.22. The third-order valence-electron chi connectivity index (χ3n) is 5.56. The van der Waals surface area contributed by atoms with Gasteiger partial charge in [-0.15, -0.1) is 0 Å². The number of halogens is 1. The van der Waals surface area contributed by atoms with Crippen molar-refractivity contribution in [3.8, 4) is 11.1 Å². The Balaban J connectivity index is 1.38. The zero-order valence-electron chi connectivity index (χ0n) is 17.2. The Labute approximate surface area is 176 Å². The van der Waals surface area contributed by atoms with Crippen molar-refractivity contribution in [3.63, 3.8) is 0 Å². The van der Waals surface area contributed by atoms with Gasteiger partial charge < -0.3 is 15.1 Å². The summed E-state index contributed by atoms with van der Waals surface area (Å²) in [5.41, 5.74) is 3.91. The van der Waals surface area contributed by atoms with Gasteiger partial charge in [0.1, 0.15) is 11.5 Å². The molecule has 1 fully saturated rings. The van der Waals surface area contributed by atoms with E-state index in [4.69, 9.17) is 0 Å². The summed E-state index contributed by atoms with van der Waals surface area (Å²) in [6.45, 7) is 2.06. The number of anilines is 2. The summed E-state index contributed by atoms with van der Waals surface area (Å²) in [6.07, 6.45) is 2.78. The number of aromatic nitrogens is 1. The summed E-state index contributed by atoms with van der Waals surface area (Å²) in [7, 11) is 4.24. The molecule has 1 aliphatic rings. The van der Waals surface area contributed by atoms with Crippen LogP contribution in [-0.4, -0.2) is 49.0 Å². The van der Waals surface area contributed by atoms with Crippen molar-refractivity contribution in [2.75, 3.05) is 37.4 Å². The molecule has 0 saturated carbocycles. The monoisotopic (exact) mass is 404 g/mol. The smallest absolute Gasteiger partial charge is 0.274 e. The molecule has 6 heteroatoms. The standard InChI is InChI=1S/C24H25FN4O/c1-28(2)22-13-14-29(16-22)21-10-8-20(9-11-21)27-24(30)23-12-5-18(15-26-23)17-3-6-19(25)7-4-17/h3-12,15,22H,13-14,16H2,1-2H3,(H,27,30). The third kappa shape index (κ3) is 4.49. The van der Waals surface area contributed by atoms with Crippen molar-refractivity contribution in [3.05, 3.63) is 78.4 Å². The zero-order chi connectivity index (χ0) is 21.1. The Morgan fingerprint density at radius 3 is 2.33 bits per heavy atom. The highest BCUT2D eigenvalue weighted by Gasteiger charge is 2.24. The Morgan fingerprint density at radius 2 is 1.73 bits per heavy atom. The third-order valence-corrected chi connectivity index (χ3v) is 5.56. The maximum atomic E-state index is 13.1. The maximum Gasteiger partial charge on any atom is 0.274 e. The molecule has 2 aromatic carbocycles. The molecule has 0 radical (unpaired) electrons. The molecule has 0 aliphatic carbocycles. The minimum atomic E-state index is -0.282. The molecule has 5 nitrogen and oxygen atoms in total. The van der Waals surface area contributed by atoms with Crippen LogP contribution >= 0.6 is 0 Å². The summed E-state index contributed by atoms with van der Waals surface area (Å²) in [6, 6.07) is 18.2. The van der Waals surface area contributed by atoms with Crippen LogP contribution in [0.25, 0.3) is 11.1 Å². The van der Waals surface area contributed by atoms with Gasteiger partial charge in [0, 0.05) is 42.3 Å². The summed E-state index contributed by atoms with van der Waals surface area (Å²) >= 11 is 0. The number of amides is 1. The molecule has 1 N–H and O–H groups in total. The number of benzene rings is 2. The van der Waals surface area contributed by atoms with Crippen molar-refractivity contribution in [1.29, 1.82) is 0 Å². The number of nitrogens with one attached hydrogen (secondary N) is 1. The van der Waals surface area contributed by atoms with Gasteiger partial charge >= 0.3 is 0 Å². The van der Waals surface area contributed by atoms with Gasteiger partial charge in [-0.05, 0) is 68.5 Å². The molecule has 154 valence electrons. The first-order valence-corrected chi connectivity index (χ1v) is 10.0. The van der Waals surface area contributed by atoms with Gasteiger partial charge in [0.05, 0.1) is 0 Å². The fraction of sp³-hybridized carbons (Fsp3) is 0.250. The number of carbonyl (C=O) groups excluding carboxylic acids is 1. The Hall–Kier alpha value is -3.25. The highest BCUT2D eigenvalue weighted by Crippen LogP contribution is 2.24. The van der Waals surface area contributed by atoms with E-state index in [1.165, 1.54) is 17.8 Å². The second-order valence-electron chi connectivity index (χ2n) is 7.79. The molecular formula is C24H25FN4O. The lowest BCUT2D eigenvalue weighted by Crippen LogP contribution is -2.31. The molecule has 0 spiro atoms. The zero-order valence-corrected chi connectivity index (χ0v) is 17.2. The summed E-state index contributed by atoms with van der Waals surface area (Å²) < 4.78 is 13.1. The number of hydrogen-bond donors (Lipinski definition) is 1. The van der Waals surface area contributed by atoms with Crippen LogP contribution in [0.1, 0.15) is 16.9 Å². The van der Waals surface area contributed by atoms with Gasteiger partial charge in [-0.3, -0.25) is 9.78 Å². The molecule has 1 amide bonds. The summed E-state index contributed by atoms with van der Waals surface area (Å²) in [5.74, 6) is -0.543. The molecule has 1 aliphatic heterocycles. The summed E-state index contributed by atoms with van der Waals surface area (Å²) in [4.78, 5) is 21.4. The van der Waals surface area contributed by atoms with E-state index >= 15 is 0 Å². The van der Waals surface area contributed by atoms with Gasteiger partial charge in [-0.2, -0.15) is 0 Å². The molecule has 3 aromatic rings. The van der Waals surface area contributed by atoms with E-state index < -0.39 is 0 Å². The molecule has 2 heterocycles. The maximum absolute atomic E-state index is 13.1. The Kier molecular flexibility index (Phi) is 5.77. The van der Waals surface area contributed by atoms with E-state index in [2.05, 4.69) is 34.2 Å². The average molecular weight is 404 g/mol. The van der Waals surface area contributed by atoms with Crippen LogP contribution in [0.2, 0.25) is 0 Å². The second kappa shape index (κ2) is 8.63. The summed E-state index contributed by atoms with van der Waals surface area (Å²) in [5, 5.41) is 2.89. The van der Waals surface area contributed by atoms with E-state index in [-0.39, 0.29) is 11.7 Å². The topological polar surface area (TPSA) is 48.5 Å². The van der Waals surface area contributed by atoms with Crippen LogP contribution in [-0.2, 0) is 0 Å². The van der Waals surface area contributed by atoms with Gasteiger partial charge in [-0.25, -0.2) is 4.39 Å². The van der Waals surface area contributed by atoms with Crippen LogP contribution in [0.5, 0.6) is 0 Å². The van der Waals surface area contributed by atoms with Gasteiger partial charge in [0.25, 0.3) is 5.91 Å². The number of nitrogens with zero attached hydrogens (tertiary/aromatic N) is 3. The van der Waals surface area contributed by atoms with Crippen molar-refractivity contribution < 1.29 is 9.18 Å². The normalized spacial score (nSPS) is 16.1. The average Bonchev–Trinajstić information content (AvgIpc) is 3.26. The number of rotatable bonds is 5.